The smallest absolute Gasteiger partial charge is 0.225 e. The van der Waals surface area contributed by atoms with Crippen molar-refractivity contribution in [2.24, 2.45) is 5.92 Å². The van der Waals surface area contributed by atoms with Crippen LogP contribution in [0.2, 0.25) is 0 Å². The van der Waals surface area contributed by atoms with E-state index in [2.05, 4.69) is 4.90 Å². The number of nitrogens with zero attached hydrogens (tertiary/aromatic N) is 2. The summed E-state index contributed by atoms with van der Waals surface area (Å²) in [5.41, 5.74) is -0.317. The maximum atomic E-state index is 12.6. The minimum Gasteiger partial charge on any atom is -0.385 e. The van der Waals surface area contributed by atoms with Gasteiger partial charge in [0.25, 0.3) is 0 Å². The van der Waals surface area contributed by atoms with E-state index in [9.17, 15) is 9.90 Å². The Kier molecular flexibility index (Phi) is 5.54. The molecule has 1 aromatic rings. The van der Waals surface area contributed by atoms with Gasteiger partial charge in [-0.1, -0.05) is 30.3 Å². The summed E-state index contributed by atoms with van der Waals surface area (Å²) in [6, 6.07) is 9.44. The Labute approximate surface area is 144 Å². The van der Waals surface area contributed by atoms with Crippen molar-refractivity contribution in [1.82, 2.24) is 9.80 Å². The van der Waals surface area contributed by atoms with E-state index in [0.29, 0.717) is 5.92 Å². The van der Waals surface area contributed by atoms with Gasteiger partial charge in [-0.2, -0.15) is 0 Å². The standard InChI is InChI=1S/C19H28N2O3/c1-19(23,17-5-3-2-4-6-17)13-18(22)21-8-7-16(15-21)14-20-9-11-24-12-10-20/h2-6,16,23H,7-15H2,1H3. The van der Waals surface area contributed by atoms with E-state index in [1.54, 1.807) is 6.92 Å². The lowest BCUT2D eigenvalue weighted by Crippen LogP contribution is -2.40. The van der Waals surface area contributed by atoms with Crippen molar-refractivity contribution >= 4 is 5.91 Å². The van der Waals surface area contributed by atoms with E-state index in [-0.39, 0.29) is 12.3 Å². The highest BCUT2D eigenvalue weighted by molar-refractivity contribution is 5.77. The van der Waals surface area contributed by atoms with E-state index in [1.165, 1.54) is 0 Å². The average molecular weight is 332 g/mol. The Morgan fingerprint density at radius 2 is 1.96 bits per heavy atom. The van der Waals surface area contributed by atoms with Crippen LogP contribution in [-0.4, -0.2) is 66.8 Å². The topological polar surface area (TPSA) is 53.0 Å². The van der Waals surface area contributed by atoms with E-state index >= 15 is 0 Å². The minimum absolute atomic E-state index is 0.0494. The summed E-state index contributed by atoms with van der Waals surface area (Å²) in [5, 5.41) is 10.7. The van der Waals surface area contributed by atoms with Crippen molar-refractivity contribution in [1.29, 1.82) is 0 Å². The minimum atomic E-state index is -1.11. The molecule has 0 spiro atoms. The second kappa shape index (κ2) is 7.64. The molecule has 0 bridgehead atoms. The van der Waals surface area contributed by atoms with Crippen LogP contribution in [-0.2, 0) is 15.1 Å². The summed E-state index contributed by atoms with van der Waals surface area (Å²) < 4.78 is 5.39. The molecule has 1 N–H and O–H groups in total. The number of likely N-dealkylation sites (tertiary alicyclic amines) is 1. The molecule has 2 unspecified atom stereocenters. The molecule has 2 aliphatic heterocycles. The fourth-order valence-electron chi connectivity index (χ4n) is 3.66. The number of carbonyl (C=O) groups excluding carboxylic acids is 1. The third-order valence-corrected chi connectivity index (χ3v) is 5.15. The Hall–Kier alpha value is -1.43. The molecule has 0 radical (unpaired) electrons. The van der Waals surface area contributed by atoms with Crippen LogP contribution >= 0.6 is 0 Å². The fourth-order valence-corrected chi connectivity index (χ4v) is 3.66. The third-order valence-electron chi connectivity index (χ3n) is 5.15. The predicted molar refractivity (Wildman–Crippen MR) is 92.6 cm³/mol. The second-order valence-electron chi connectivity index (χ2n) is 7.22. The van der Waals surface area contributed by atoms with Gasteiger partial charge in [-0.3, -0.25) is 9.69 Å². The SMILES string of the molecule is CC(O)(CC(=O)N1CCC(CN2CCOCC2)C1)c1ccccc1. The summed E-state index contributed by atoms with van der Waals surface area (Å²) in [7, 11) is 0. The zero-order valence-corrected chi connectivity index (χ0v) is 14.5. The van der Waals surface area contributed by atoms with Gasteiger partial charge in [0.1, 0.15) is 0 Å². The highest BCUT2D eigenvalue weighted by Gasteiger charge is 2.33. The number of hydrogen-bond acceptors (Lipinski definition) is 4. The summed E-state index contributed by atoms with van der Waals surface area (Å²) in [4.78, 5) is 17.0. The molecule has 24 heavy (non-hydrogen) atoms. The number of amides is 1. The van der Waals surface area contributed by atoms with Crippen molar-refractivity contribution in [2.45, 2.75) is 25.4 Å². The zero-order valence-electron chi connectivity index (χ0n) is 14.5. The first-order chi connectivity index (χ1) is 11.5. The van der Waals surface area contributed by atoms with Gasteiger partial charge >= 0.3 is 0 Å². The number of ether oxygens (including phenoxy) is 1. The van der Waals surface area contributed by atoms with Crippen LogP contribution in [0.5, 0.6) is 0 Å². The van der Waals surface area contributed by atoms with Gasteiger partial charge in [0, 0.05) is 32.7 Å². The maximum Gasteiger partial charge on any atom is 0.225 e. The molecule has 132 valence electrons. The van der Waals surface area contributed by atoms with E-state index in [0.717, 1.165) is 57.9 Å². The van der Waals surface area contributed by atoms with Gasteiger partial charge in [0.2, 0.25) is 5.91 Å². The highest BCUT2D eigenvalue weighted by atomic mass is 16.5. The molecule has 5 nitrogen and oxygen atoms in total. The van der Waals surface area contributed by atoms with Crippen molar-refractivity contribution in [3.8, 4) is 0 Å². The molecule has 0 aliphatic carbocycles. The lowest BCUT2D eigenvalue weighted by Gasteiger charge is -2.29. The number of rotatable bonds is 5. The number of benzene rings is 1. The first-order valence-electron chi connectivity index (χ1n) is 8.90. The van der Waals surface area contributed by atoms with Gasteiger partial charge in [-0.25, -0.2) is 0 Å². The normalized spacial score (nSPS) is 24.8. The molecule has 1 amide bonds. The molecular formula is C19H28N2O3. The molecule has 0 saturated carbocycles. The van der Waals surface area contributed by atoms with E-state index < -0.39 is 5.60 Å². The van der Waals surface area contributed by atoms with Crippen molar-refractivity contribution in [3.63, 3.8) is 0 Å². The van der Waals surface area contributed by atoms with Crippen LogP contribution in [0.25, 0.3) is 0 Å². The lowest BCUT2D eigenvalue weighted by atomic mass is 9.92. The number of morpholine rings is 1. The molecular weight excluding hydrogens is 304 g/mol. The van der Waals surface area contributed by atoms with Crippen LogP contribution in [0.15, 0.2) is 30.3 Å². The summed E-state index contributed by atoms with van der Waals surface area (Å²) in [6.07, 6.45) is 1.19. The van der Waals surface area contributed by atoms with Gasteiger partial charge in [0.15, 0.2) is 0 Å². The molecule has 2 heterocycles. The summed E-state index contributed by atoms with van der Waals surface area (Å²) >= 11 is 0. The van der Waals surface area contributed by atoms with E-state index in [1.807, 2.05) is 35.2 Å². The Morgan fingerprint density at radius 3 is 2.67 bits per heavy atom. The lowest BCUT2D eigenvalue weighted by molar-refractivity contribution is -0.135. The van der Waals surface area contributed by atoms with Crippen LogP contribution < -0.4 is 0 Å². The fraction of sp³-hybridized carbons (Fsp3) is 0.632. The van der Waals surface area contributed by atoms with Crippen molar-refractivity contribution < 1.29 is 14.6 Å². The molecule has 2 saturated heterocycles. The monoisotopic (exact) mass is 332 g/mol. The third kappa shape index (κ3) is 4.35. The Bertz CT molecular complexity index is 541. The van der Waals surface area contributed by atoms with Crippen LogP contribution in [0.4, 0.5) is 0 Å². The molecule has 2 fully saturated rings. The molecule has 0 aromatic heterocycles. The number of hydrogen-bond donors (Lipinski definition) is 1. The number of carbonyl (C=O) groups is 1. The van der Waals surface area contributed by atoms with Gasteiger partial charge in [0.05, 0.1) is 25.2 Å². The summed E-state index contributed by atoms with van der Waals surface area (Å²) in [5.74, 6) is 0.585. The molecule has 2 aliphatic rings. The Balaban J connectivity index is 1.51. The zero-order chi connectivity index (χ0) is 17.0. The molecule has 2 atom stereocenters. The van der Waals surface area contributed by atoms with Gasteiger partial charge in [-0.15, -0.1) is 0 Å². The second-order valence-corrected chi connectivity index (χ2v) is 7.22. The highest BCUT2D eigenvalue weighted by Crippen LogP contribution is 2.27. The quantitative estimate of drug-likeness (QED) is 0.887. The average Bonchev–Trinajstić information content (AvgIpc) is 3.05. The summed E-state index contributed by atoms with van der Waals surface area (Å²) in [6.45, 7) is 7.99. The van der Waals surface area contributed by atoms with Crippen molar-refractivity contribution in [2.75, 3.05) is 45.9 Å². The maximum absolute atomic E-state index is 12.6. The van der Waals surface area contributed by atoms with Gasteiger partial charge < -0.3 is 14.7 Å². The molecule has 5 heteroatoms. The van der Waals surface area contributed by atoms with Crippen LogP contribution in [0.1, 0.15) is 25.3 Å². The van der Waals surface area contributed by atoms with Crippen LogP contribution in [0.3, 0.4) is 0 Å². The predicted octanol–water partition coefficient (Wildman–Crippen LogP) is 1.46. The largest absolute Gasteiger partial charge is 0.385 e. The van der Waals surface area contributed by atoms with E-state index in [4.69, 9.17) is 4.74 Å². The molecule has 3 rings (SSSR count). The Morgan fingerprint density at radius 1 is 1.25 bits per heavy atom. The first-order valence-corrected chi connectivity index (χ1v) is 8.90. The first kappa shape index (κ1) is 17.4. The van der Waals surface area contributed by atoms with Crippen LogP contribution in [0, 0.1) is 5.92 Å². The molecule has 1 aromatic carbocycles. The number of aliphatic hydroxyl groups is 1. The van der Waals surface area contributed by atoms with Crippen molar-refractivity contribution in [3.05, 3.63) is 35.9 Å². The van der Waals surface area contributed by atoms with Gasteiger partial charge in [-0.05, 0) is 24.8 Å².